The van der Waals surface area contributed by atoms with Gasteiger partial charge in [-0.25, -0.2) is 4.39 Å². The number of rotatable bonds is 3. The van der Waals surface area contributed by atoms with Crippen molar-refractivity contribution < 1.29 is 13.9 Å². The molecule has 0 aliphatic carbocycles. The molecule has 1 aromatic rings. The van der Waals surface area contributed by atoms with Crippen molar-refractivity contribution in [3.63, 3.8) is 0 Å². The Morgan fingerprint density at radius 2 is 2.06 bits per heavy atom. The summed E-state index contributed by atoms with van der Waals surface area (Å²) in [4.78, 5) is 11.6. The maximum atomic E-state index is 13.3. The van der Waals surface area contributed by atoms with Crippen LogP contribution in [0.3, 0.4) is 0 Å². The van der Waals surface area contributed by atoms with E-state index in [0.717, 1.165) is 0 Å². The van der Waals surface area contributed by atoms with E-state index in [2.05, 4.69) is 15.9 Å². The minimum absolute atomic E-state index is 0.0631. The van der Waals surface area contributed by atoms with Crippen LogP contribution < -0.4 is 4.74 Å². The van der Waals surface area contributed by atoms with Crippen LogP contribution in [-0.4, -0.2) is 12.4 Å². The van der Waals surface area contributed by atoms with Gasteiger partial charge in [-0.3, -0.25) is 4.79 Å². The minimum atomic E-state index is -0.470. The van der Waals surface area contributed by atoms with Gasteiger partial charge in [0.25, 0.3) is 0 Å². The van der Waals surface area contributed by atoms with Crippen molar-refractivity contribution in [3.05, 3.63) is 28.5 Å². The van der Waals surface area contributed by atoms with E-state index in [0.29, 0.717) is 4.47 Å². The third kappa shape index (κ3) is 3.59. The van der Waals surface area contributed by atoms with Crippen LogP contribution in [0.25, 0.3) is 0 Å². The van der Waals surface area contributed by atoms with Gasteiger partial charge in [-0.15, -0.1) is 0 Å². The van der Waals surface area contributed by atoms with Crippen LogP contribution in [0.2, 0.25) is 0 Å². The SMILES string of the molecule is CC(C)(C)C(=O)COc1cc(Br)ccc1F. The molecule has 0 aliphatic heterocycles. The zero-order valence-electron chi connectivity index (χ0n) is 9.51. The maximum absolute atomic E-state index is 13.3. The molecule has 4 heteroatoms. The Labute approximate surface area is 103 Å². The summed E-state index contributed by atoms with van der Waals surface area (Å²) in [5.74, 6) is -0.441. The summed E-state index contributed by atoms with van der Waals surface area (Å²) in [5.41, 5.74) is -0.470. The van der Waals surface area contributed by atoms with Gasteiger partial charge < -0.3 is 4.74 Å². The zero-order chi connectivity index (χ0) is 12.3. The number of hydrogen-bond donors (Lipinski definition) is 0. The summed E-state index contributed by atoms with van der Waals surface area (Å²) in [5, 5.41) is 0. The molecule has 0 unspecified atom stereocenters. The molecule has 0 aliphatic rings. The topological polar surface area (TPSA) is 26.3 Å². The van der Waals surface area contributed by atoms with E-state index in [1.165, 1.54) is 12.1 Å². The molecule has 2 nitrogen and oxygen atoms in total. The Morgan fingerprint density at radius 1 is 1.44 bits per heavy atom. The molecule has 1 aromatic carbocycles. The number of carbonyl (C=O) groups excluding carboxylic acids is 1. The van der Waals surface area contributed by atoms with Gasteiger partial charge >= 0.3 is 0 Å². The average Bonchev–Trinajstić information content (AvgIpc) is 2.17. The highest BCUT2D eigenvalue weighted by Crippen LogP contribution is 2.23. The molecule has 0 saturated heterocycles. The Morgan fingerprint density at radius 3 is 2.62 bits per heavy atom. The molecule has 0 heterocycles. The zero-order valence-corrected chi connectivity index (χ0v) is 11.1. The van der Waals surface area contributed by atoms with Crippen molar-refractivity contribution in [2.45, 2.75) is 20.8 Å². The molecule has 88 valence electrons. The van der Waals surface area contributed by atoms with Crippen molar-refractivity contribution >= 4 is 21.7 Å². The summed E-state index contributed by atoms with van der Waals surface area (Å²) >= 11 is 3.21. The van der Waals surface area contributed by atoms with Crippen molar-refractivity contribution in [1.82, 2.24) is 0 Å². The van der Waals surface area contributed by atoms with Gasteiger partial charge in [-0.2, -0.15) is 0 Å². The Balaban J connectivity index is 2.68. The first kappa shape index (κ1) is 13.2. The van der Waals surface area contributed by atoms with Gasteiger partial charge in [-0.1, -0.05) is 36.7 Å². The van der Waals surface area contributed by atoms with Gasteiger partial charge in [0, 0.05) is 9.89 Å². The predicted molar refractivity (Wildman–Crippen MR) is 64.1 cm³/mol. The van der Waals surface area contributed by atoms with Crippen molar-refractivity contribution in [2.24, 2.45) is 5.41 Å². The smallest absolute Gasteiger partial charge is 0.175 e. The predicted octanol–water partition coefficient (Wildman–Crippen LogP) is 3.58. The summed E-state index contributed by atoms with van der Waals surface area (Å²) < 4.78 is 19.1. The largest absolute Gasteiger partial charge is 0.483 e. The van der Waals surface area contributed by atoms with Gasteiger partial charge in [-0.05, 0) is 18.2 Å². The molecular formula is C12H14BrFO2. The van der Waals surface area contributed by atoms with Crippen LogP contribution in [0.4, 0.5) is 4.39 Å². The molecule has 0 fully saturated rings. The van der Waals surface area contributed by atoms with Crippen LogP contribution in [0.15, 0.2) is 22.7 Å². The van der Waals surface area contributed by atoms with Crippen LogP contribution in [-0.2, 0) is 4.79 Å². The van der Waals surface area contributed by atoms with E-state index < -0.39 is 11.2 Å². The van der Waals surface area contributed by atoms with E-state index in [1.807, 2.05) is 0 Å². The molecule has 16 heavy (non-hydrogen) atoms. The second kappa shape index (κ2) is 4.95. The molecular weight excluding hydrogens is 275 g/mol. The van der Waals surface area contributed by atoms with Crippen LogP contribution in [0, 0.1) is 11.2 Å². The maximum Gasteiger partial charge on any atom is 0.175 e. The lowest BCUT2D eigenvalue weighted by Gasteiger charge is -2.16. The fourth-order valence-corrected chi connectivity index (χ4v) is 1.29. The van der Waals surface area contributed by atoms with Crippen LogP contribution in [0.1, 0.15) is 20.8 Å². The highest BCUT2D eigenvalue weighted by atomic mass is 79.9. The lowest BCUT2D eigenvalue weighted by molar-refractivity contribution is -0.128. The molecule has 0 bridgehead atoms. The van der Waals surface area contributed by atoms with Gasteiger partial charge in [0.2, 0.25) is 0 Å². The molecule has 0 aromatic heterocycles. The van der Waals surface area contributed by atoms with Crippen LogP contribution >= 0.6 is 15.9 Å². The summed E-state index contributed by atoms with van der Waals surface area (Å²) in [6.45, 7) is 5.29. The first-order valence-corrected chi connectivity index (χ1v) is 5.71. The summed E-state index contributed by atoms with van der Waals surface area (Å²) in [6.07, 6.45) is 0. The molecule has 1 rings (SSSR count). The Hall–Kier alpha value is -0.900. The Bertz CT molecular complexity index is 396. The van der Waals surface area contributed by atoms with Crippen LogP contribution in [0.5, 0.6) is 5.75 Å². The highest BCUT2D eigenvalue weighted by molar-refractivity contribution is 9.10. The lowest BCUT2D eigenvalue weighted by atomic mass is 9.91. The number of hydrogen-bond acceptors (Lipinski definition) is 2. The fourth-order valence-electron chi connectivity index (χ4n) is 0.948. The number of ketones is 1. The first-order chi connectivity index (χ1) is 7.30. The molecule has 0 spiro atoms. The normalized spacial score (nSPS) is 11.3. The number of benzene rings is 1. The molecule has 0 amide bonds. The quantitative estimate of drug-likeness (QED) is 0.850. The Kier molecular flexibility index (Phi) is 4.08. The molecule has 0 radical (unpaired) electrons. The van der Waals surface area contributed by atoms with Gasteiger partial charge in [0.05, 0.1) is 0 Å². The second-order valence-corrected chi connectivity index (χ2v) is 5.45. The number of carbonyl (C=O) groups is 1. The van der Waals surface area contributed by atoms with E-state index in [1.54, 1.807) is 26.8 Å². The number of halogens is 2. The standard InChI is InChI=1S/C12H14BrFO2/c1-12(2,3)11(15)7-16-10-6-8(13)4-5-9(10)14/h4-6H,7H2,1-3H3. The number of Topliss-reactive ketones (excluding diaryl/α,β-unsaturated/α-hetero) is 1. The van der Waals surface area contributed by atoms with Crippen molar-refractivity contribution in [1.29, 1.82) is 0 Å². The summed E-state index contributed by atoms with van der Waals surface area (Å²) in [6, 6.07) is 4.38. The average molecular weight is 289 g/mol. The highest BCUT2D eigenvalue weighted by Gasteiger charge is 2.21. The third-order valence-corrected chi connectivity index (χ3v) is 2.58. The van der Waals surface area contributed by atoms with Crippen molar-refractivity contribution in [2.75, 3.05) is 6.61 Å². The van der Waals surface area contributed by atoms with Crippen molar-refractivity contribution in [3.8, 4) is 5.75 Å². The molecule has 0 atom stereocenters. The van der Waals surface area contributed by atoms with Gasteiger partial charge in [0.1, 0.15) is 6.61 Å². The second-order valence-electron chi connectivity index (χ2n) is 4.54. The lowest BCUT2D eigenvalue weighted by Crippen LogP contribution is -2.26. The molecule has 0 N–H and O–H groups in total. The van der Waals surface area contributed by atoms with Gasteiger partial charge in [0.15, 0.2) is 17.3 Å². The monoisotopic (exact) mass is 288 g/mol. The first-order valence-electron chi connectivity index (χ1n) is 4.92. The molecule has 0 saturated carbocycles. The third-order valence-electron chi connectivity index (χ3n) is 2.09. The van der Waals surface area contributed by atoms with E-state index in [4.69, 9.17) is 4.74 Å². The fraction of sp³-hybridized carbons (Fsp3) is 0.417. The number of ether oxygens (including phenoxy) is 1. The summed E-state index contributed by atoms with van der Waals surface area (Å²) in [7, 11) is 0. The minimum Gasteiger partial charge on any atom is -0.483 e. The van der Waals surface area contributed by atoms with E-state index in [9.17, 15) is 9.18 Å². The van der Waals surface area contributed by atoms with E-state index >= 15 is 0 Å². The van der Waals surface area contributed by atoms with E-state index in [-0.39, 0.29) is 18.1 Å².